The average Bonchev–Trinajstić information content (AvgIpc) is 2.84. The lowest BCUT2D eigenvalue weighted by atomic mass is 10.2. The third-order valence-electron chi connectivity index (χ3n) is 2.53. The van der Waals surface area contributed by atoms with Gasteiger partial charge in [-0.05, 0) is 6.07 Å². The Labute approximate surface area is 117 Å². The van der Waals surface area contributed by atoms with Gasteiger partial charge in [-0.25, -0.2) is 4.68 Å². The van der Waals surface area contributed by atoms with Crippen LogP contribution in [0.5, 0.6) is 0 Å². The Morgan fingerprint density at radius 2 is 2.25 bits per heavy atom. The molecule has 0 aliphatic heterocycles. The number of carboxylic acids is 1. The Balaban J connectivity index is 2.37. The second-order valence-electron chi connectivity index (χ2n) is 3.91. The summed E-state index contributed by atoms with van der Waals surface area (Å²) in [6, 6.07) is 4.27. The van der Waals surface area contributed by atoms with Crippen LogP contribution in [0.4, 0.5) is 5.69 Å². The summed E-state index contributed by atoms with van der Waals surface area (Å²) in [5.74, 6) is -0.955. The van der Waals surface area contributed by atoms with Gasteiger partial charge in [-0.1, -0.05) is 22.9 Å². The summed E-state index contributed by atoms with van der Waals surface area (Å²) in [5.41, 5.74) is 0.321. The van der Waals surface area contributed by atoms with Gasteiger partial charge >= 0.3 is 5.97 Å². The maximum atomic E-state index is 11.0. The highest BCUT2D eigenvalue weighted by molar-refractivity contribution is 6.32. The molecule has 104 valence electrons. The summed E-state index contributed by atoms with van der Waals surface area (Å²) in [6.07, 6.45) is 1.52. The fourth-order valence-electron chi connectivity index (χ4n) is 1.64. The highest BCUT2D eigenvalue weighted by Crippen LogP contribution is 2.29. The minimum atomic E-state index is -0.955. The van der Waals surface area contributed by atoms with Crippen molar-refractivity contribution in [2.24, 2.45) is 0 Å². The van der Waals surface area contributed by atoms with Crippen LogP contribution < -0.4 is 0 Å². The predicted molar refractivity (Wildman–Crippen MR) is 69.0 cm³/mol. The number of para-hydroxylation sites is 1. The molecule has 1 aromatic heterocycles. The van der Waals surface area contributed by atoms with Crippen molar-refractivity contribution in [2.45, 2.75) is 12.8 Å². The van der Waals surface area contributed by atoms with Crippen molar-refractivity contribution < 1.29 is 14.8 Å². The topological polar surface area (TPSA) is 111 Å². The zero-order valence-electron chi connectivity index (χ0n) is 10.1. The molecule has 0 saturated carbocycles. The minimum Gasteiger partial charge on any atom is -0.481 e. The van der Waals surface area contributed by atoms with Gasteiger partial charge in [0, 0.05) is 12.5 Å². The van der Waals surface area contributed by atoms with Crippen LogP contribution in [0.1, 0.15) is 12.1 Å². The predicted octanol–water partition coefficient (Wildman–Crippen LogP) is 1.85. The van der Waals surface area contributed by atoms with Crippen molar-refractivity contribution >= 4 is 23.3 Å². The zero-order chi connectivity index (χ0) is 14.7. The van der Waals surface area contributed by atoms with E-state index in [1.807, 2.05) is 0 Å². The molecular weight excluding hydrogens is 288 g/mol. The molecule has 9 heteroatoms. The largest absolute Gasteiger partial charge is 0.481 e. The van der Waals surface area contributed by atoms with Gasteiger partial charge in [-0.15, -0.1) is 5.10 Å². The molecule has 20 heavy (non-hydrogen) atoms. The number of aliphatic carboxylic acids is 1. The monoisotopic (exact) mass is 296 g/mol. The molecule has 0 unspecified atom stereocenters. The van der Waals surface area contributed by atoms with Crippen LogP contribution in [-0.4, -0.2) is 31.0 Å². The number of nitro benzene ring substituents is 1. The summed E-state index contributed by atoms with van der Waals surface area (Å²) in [4.78, 5) is 20.9. The molecule has 0 saturated heterocycles. The van der Waals surface area contributed by atoms with E-state index >= 15 is 0 Å². The summed E-state index contributed by atoms with van der Waals surface area (Å²) in [5, 5.41) is 27.3. The molecule has 0 radical (unpaired) electrons. The summed E-state index contributed by atoms with van der Waals surface area (Å²) >= 11 is 5.96. The highest BCUT2D eigenvalue weighted by atomic mass is 35.5. The van der Waals surface area contributed by atoms with Gasteiger partial charge in [0.1, 0.15) is 0 Å². The van der Waals surface area contributed by atoms with Crippen LogP contribution in [0.25, 0.3) is 5.69 Å². The Morgan fingerprint density at radius 1 is 1.50 bits per heavy atom. The average molecular weight is 297 g/mol. The van der Waals surface area contributed by atoms with Gasteiger partial charge in [-0.3, -0.25) is 14.9 Å². The number of rotatable bonds is 5. The molecule has 0 fully saturated rings. The minimum absolute atomic E-state index is 0.0939. The zero-order valence-corrected chi connectivity index (χ0v) is 10.8. The first-order chi connectivity index (χ1) is 9.49. The number of aromatic nitrogens is 3. The van der Waals surface area contributed by atoms with E-state index in [2.05, 4.69) is 10.3 Å². The Bertz CT molecular complexity index is 670. The molecule has 2 rings (SSSR count). The number of hydrogen-bond acceptors (Lipinski definition) is 5. The van der Waals surface area contributed by atoms with E-state index in [1.165, 1.54) is 29.1 Å². The summed E-state index contributed by atoms with van der Waals surface area (Å²) in [7, 11) is 0. The molecule has 1 aromatic carbocycles. The van der Waals surface area contributed by atoms with Crippen LogP contribution in [0, 0.1) is 10.1 Å². The van der Waals surface area contributed by atoms with Gasteiger partial charge in [-0.2, -0.15) is 0 Å². The van der Waals surface area contributed by atoms with Crippen LogP contribution in [0.3, 0.4) is 0 Å². The maximum absolute atomic E-state index is 11.0. The molecule has 0 spiro atoms. The number of carbonyl (C=O) groups is 1. The van der Waals surface area contributed by atoms with Crippen LogP contribution in [0.2, 0.25) is 5.02 Å². The first kappa shape index (κ1) is 13.9. The second-order valence-corrected chi connectivity index (χ2v) is 4.32. The second kappa shape index (κ2) is 5.66. The van der Waals surface area contributed by atoms with Crippen molar-refractivity contribution in [3.05, 3.63) is 45.2 Å². The molecule has 1 N–H and O–H groups in total. The first-order valence-corrected chi connectivity index (χ1v) is 5.93. The number of aryl methyl sites for hydroxylation is 1. The van der Waals surface area contributed by atoms with Crippen LogP contribution in [0.15, 0.2) is 24.4 Å². The smallest absolute Gasteiger partial charge is 0.303 e. The molecule has 2 aromatic rings. The van der Waals surface area contributed by atoms with Crippen molar-refractivity contribution in [3.63, 3.8) is 0 Å². The van der Waals surface area contributed by atoms with E-state index in [-0.39, 0.29) is 29.2 Å². The number of nitro groups is 1. The number of benzene rings is 1. The van der Waals surface area contributed by atoms with Crippen LogP contribution in [-0.2, 0) is 11.2 Å². The van der Waals surface area contributed by atoms with Gasteiger partial charge in [0.2, 0.25) is 0 Å². The van der Waals surface area contributed by atoms with E-state index < -0.39 is 10.9 Å². The number of carboxylic acid groups (broad SMARTS) is 1. The standard InChI is InChI=1S/C11H9ClN4O4/c12-8-2-1-3-9(16(19)20)11(8)15-6-7(13-14-15)4-5-10(17)18/h1-3,6H,4-5H2,(H,17,18). The van der Waals surface area contributed by atoms with E-state index in [4.69, 9.17) is 16.7 Å². The SMILES string of the molecule is O=C(O)CCc1cn(-c2c(Cl)cccc2[N+](=O)[O-])nn1. The Hall–Kier alpha value is -2.48. The van der Waals surface area contributed by atoms with E-state index in [9.17, 15) is 14.9 Å². The fourth-order valence-corrected chi connectivity index (χ4v) is 1.89. The Kier molecular flexibility index (Phi) is 3.94. The quantitative estimate of drug-likeness (QED) is 0.665. The highest BCUT2D eigenvalue weighted by Gasteiger charge is 2.19. The van der Waals surface area contributed by atoms with Gasteiger partial charge in [0.15, 0.2) is 5.69 Å². The van der Waals surface area contributed by atoms with Gasteiger partial charge in [0.25, 0.3) is 5.69 Å². The Morgan fingerprint density at radius 3 is 2.90 bits per heavy atom. The molecule has 0 amide bonds. The molecule has 0 aliphatic rings. The lowest BCUT2D eigenvalue weighted by molar-refractivity contribution is -0.384. The third kappa shape index (κ3) is 2.91. The maximum Gasteiger partial charge on any atom is 0.303 e. The number of halogens is 1. The molecule has 0 atom stereocenters. The number of hydrogen-bond donors (Lipinski definition) is 1. The molecule has 0 aliphatic carbocycles. The number of nitrogens with zero attached hydrogens (tertiary/aromatic N) is 4. The summed E-state index contributed by atoms with van der Waals surface area (Å²) in [6.45, 7) is 0. The lowest BCUT2D eigenvalue weighted by Crippen LogP contribution is -2.01. The normalized spacial score (nSPS) is 10.4. The van der Waals surface area contributed by atoms with Crippen molar-refractivity contribution in [2.75, 3.05) is 0 Å². The molecule has 8 nitrogen and oxygen atoms in total. The summed E-state index contributed by atoms with van der Waals surface area (Å²) < 4.78 is 1.18. The third-order valence-corrected chi connectivity index (χ3v) is 2.83. The molecule has 1 heterocycles. The van der Waals surface area contributed by atoms with Crippen molar-refractivity contribution in [3.8, 4) is 5.69 Å². The first-order valence-electron chi connectivity index (χ1n) is 5.55. The lowest BCUT2D eigenvalue weighted by Gasteiger charge is -2.03. The van der Waals surface area contributed by atoms with Crippen molar-refractivity contribution in [1.82, 2.24) is 15.0 Å². The van der Waals surface area contributed by atoms with E-state index in [0.717, 1.165) is 0 Å². The fraction of sp³-hybridized carbons (Fsp3) is 0.182. The molecular formula is C11H9ClN4O4. The van der Waals surface area contributed by atoms with E-state index in [1.54, 1.807) is 0 Å². The van der Waals surface area contributed by atoms with Crippen molar-refractivity contribution in [1.29, 1.82) is 0 Å². The van der Waals surface area contributed by atoms with Crippen LogP contribution >= 0.6 is 11.6 Å². The van der Waals surface area contributed by atoms with Gasteiger partial charge in [0.05, 0.1) is 28.3 Å². The van der Waals surface area contributed by atoms with Gasteiger partial charge < -0.3 is 5.11 Å². The van der Waals surface area contributed by atoms with E-state index in [0.29, 0.717) is 5.69 Å². The molecule has 0 bridgehead atoms.